The standard InChI is InChI=1S/C18H27N2O2P/c1-20-12-9-13-3-2-4-16(23)15(13)5-6-17(22)18(19)10-7-14(21)8-11-18/h2-4,9,12,14,17,21-22H,1,5-8,10-11,19,23H2/b12-9+/t14-,17-,18-/m1/s1. The third-order valence-corrected chi connectivity index (χ3v) is 5.37. The van der Waals surface area contributed by atoms with Gasteiger partial charge < -0.3 is 15.9 Å². The summed E-state index contributed by atoms with van der Waals surface area (Å²) in [6, 6.07) is 6.07. The second-order valence-electron chi connectivity index (χ2n) is 6.43. The summed E-state index contributed by atoms with van der Waals surface area (Å²) in [7, 11) is 2.75. The van der Waals surface area contributed by atoms with Crippen molar-refractivity contribution in [3.05, 3.63) is 35.5 Å². The van der Waals surface area contributed by atoms with Gasteiger partial charge in [0.2, 0.25) is 0 Å². The number of hydrogen-bond acceptors (Lipinski definition) is 4. The zero-order valence-corrected chi connectivity index (χ0v) is 14.6. The molecule has 1 saturated carbocycles. The minimum atomic E-state index is -0.576. The quantitative estimate of drug-likeness (QED) is 0.548. The summed E-state index contributed by atoms with van der Waals surface area (Å²) >= 11 is 0. The number of aliphatic hydroxyl groups excluding tert-OH is 2. The summed E-state index contributed by atoms with van der Waals surface area (Å²) in [5.41, 5.74) is 8.07. The van der Waals surface area contributed by atoms with E-state index < -0.39 is 11.6 Å². The van der Waals surface area contributed by atoms with Gasteiger partial charge in [-0.2, -0.15) is 0 Å². The van der Waals surface area contributed by atoms with Gasteiger partial charge in [-0.3, -0.25) is 4.99 Å². The molecule has 4 nitrogen and oxygen atoms in total. The molecule has 1 unspecified atom stereocenters. The van der Waals surface area contributed by atoms with Crippen LogP contribution in [0.3, 0.4) is 0 Å². The molecule has 0 heterocycles. The van der Waals surface area contributed by atoms with E-state index in [-0.39, 0.29) is 6.10 Å². The number of nitrogens with two attached hydrogens (primary N) is 1. The molecule has 0 spiro atoms. The SMILES string of the molecule is C=N/C=C/c1cccc(P)c1CC[C@@H](O)[C@]1(N)CC[C@H](O)CC1. The van der Waals surface area contributed by atoms with E-state index in [0.29, 0.717) is 32.1 Å². The Bertz CT molecular complexity index is 566. The lowest BCUT2D eigenvalue weighted by molar-refractivity contribution is 0.0179. The van der Waals surface area contributed by atoms with Gasteiger partial charge in [-0.15, -0.1) is 9.24 Å². The van der Waals surface area contributed by atoms with Gasteiger partial charge >= 0.3 is 0 Å². The Morgan fingerprint density at radius 1 is 1.43 bits per heavy atom. The van der Waals surface area contributed by atoms with E-state index in [1.54, 1.807) is 6.20 Å². The van der Waals surface area contributed by atoms with Crippen molar-refractivity contribution in [2.75, 3.05) is 0 Å². The summed E-state index contributed by atoms with van der Waals surface area (Å²) in [5.74, 6) is 0. The van der Waals surface area contributed by atoms with Crippen LogP contribution in [0, 0.1) is 0 Å². The second kappa shape index (κ2) is 8.16. The number of hydrogen-bond donors (Lipinski definition) is 3. The van der Waals surface area contributed by atoms with Crippen molar-refractivity contribution in [3.63, 3.8) is 0 Å². The van der Waals surface area contributed by atoms with Gasteiger partial charge in [0, 0.05) is 11.7 Å². The highest BCUT2D eigenvalue weighted by atomic mass is 31.0. The maximum atomic E-state index is 10.6. The molecule has 0 saturated heterocycles. The Hall–Kier alpha value is -1.06. The molecule has 2 rings (SSSR count). The third kappa shape index (κ3) is 4.71. The number of rotatable bonds is 6. The molecule has 0 aliphatic heterocycles. The third-order valence-electron chi connectivity index (χ3n) is 4.83. The maximum Gasteiger partial charge on any atom is 0.0722 e. The van der Waals surface area contributed by atoms with E-state index in [4.69, 9.17) is 5.73 Å². The monoisotopic (exact) mass is 334 g/mol. The minimum Gasteiger partial charge on any atom is -0.393 e. The van der Waals surface area contributed by atoms with Crippen LogP contribution in [0.4, 0.5) is 0 Å². The van der Waals surface area contributed by atoms with E-state index in [1.807, 2.05) is 24.3 Å². The summed E-state index contributed by atoms with van der Waals surface area (Å²) in [6.07, 6.45) is 6.82. The molecule has 0 radical (unpaired) electrons. The summed E-state index contributed by atoms with van der Waals surface area (Å²) in [5, 5.41) is 21.3. The lowest BCUT2D eigenvalue weighted by Crippen LogP contribution is -2.53. The first-order valence-corrected chi connectivity index (χ1v) is 8.69. The molecule has 1 aliphatic carbocycles. The average molecular weight is 334 g/mol. The van der Waals surface area contributed by atoms with Crippen molar-refractivity contribution in [3.8, 4) is 0 Å². The van der Waals surface area contributed by atoms with Crippen LogP contribution in [-0.2, 0) is 6.42 Å². The van der Waals surface area contributed by atoms with Gasteiger partial charge in [-0.1, -0.05) is 18.2 Å². The molecule has 1 aromatic carbocycles. The van der Waals surface area contributed by atoms with Crippen LogP contribution in [0.25, 0.3) is 6.08 Å². The van der Waals surface area contributed by atoms with Crippen LogP contribution in [0.1, 0.15) is 43.2 Å². The molecule has 0 amide bonds. The molecule has 5 heteroatoms. The highest BCUT2D eigenvalue weighted by molar-refractivity contribution is 7.27. The van der Waals surface area contributed by atoms with Gasteiger partial charge in [0.05, 0.1) is 12.2 Å². The Morgan fingerprint density at radius 3 is 2.78 bits per heavy atom. The zero-order chi connectivity index (χ0) is 16.9. The van der Waals surface area contributed by atoms with Crippen molar-refractivity contribution >= 4 is 27.3 Å². The van der Waals surface area contributed by atoms with Crippen LogP contribution in [-0.4, -0.2) is 34.7 Å². The van der Waals surface area contributed by atoms with Gasteiger partial charge in [0.1, 0.15) is 0 Å². The predicted octanol–water partition coefficient (Wildman–Crippen LogP) is 1.78. The summed E-state index contributed by atoms with van der Waals surface area (Å²) in [4.78, 5) is 3.76. The van der Waals surface area contributed by atoms with Crippen LogP contribution in [0.2, 0.25) is 0 Å². The van der Waals surface area contributed by atoms with E-state index in [9.17, 15) is 10.2 Å². The van der Waals surface area contributed by atoms with Crippen LogP contribution in [0.5, 0.6) is 0 Å². The Kier molecular flexibility index (Phi) is 6.49. The number of aliphatic hydroxyl groups is 2. The summed E-state index contributed by atoms with van der Waals surface area (Å²) < 4.78 is 0. The first-order valence-electron chi connectivity index (χ1n) is 8.11. The van der Waals surface area contributed by atoms with E-state index in [0.717, 1.165) is 17.3 Å². The fourth-order valence-corrected chi connectivity index (χ4v) is 3.66. The Morgan fingerprint density at radius 2 is 2.13 bits per heavy atom. The molecule has 4 N–H and O–H groups in total. The summed E-state index contributed by atoms with van der Waals surface area (Å²) in [6.45, 7) is 3.46. The van der Waals surface area contributed by atoms with Crippen molar-refractivity contribution in [2.24, 2.45) is 10.7 Å². The Labute approximate surface area is 140 Å². The van der Waals surface area contributed by atoms with Crippen molar-refractivity contribution in [1.82, 2.24) is 0 Å². The van der Waals surface area contributed by atoms with Gasteiger partial charge in [-0.25, -0.2) is 0 Å². The molecular weight excluding hydrogens is 307 g/mol. The first kappa shape index (κ1) is 18.3. The molecule has 23 heavy (non-hydrogen) atoms. The predicted molar refractivity (Wildman–Crippen MR) is 100 cm³/mol. The molecule has 2 atom stereocenters. The molecule has 1 aromatic rings. The fraction of sp³-hybridized carbons (Fsp3) is 0.500. The normalized spacial score (nSPS) is 26.3. The lowest BCUT2D eigenvalue weighted by atomic mass is 9.76. The highest BCUT2D eigenvalue weighted by Gasteiger charge is 2.37. The van der Waals surface area contributed by atoms with Gasteiger partial charge in [0.25, 0.3) is 0 Å². The largest absolute Gasteiger partial charge is 0.393 e. The van der Waals surface area contributed by atoms with Crippen molar-refractivity contribution in [2.45, 2.75) is 56.3 Å². The fourth-order valence-electron chi connectivity index (χ4n) is 3.24. The van der Waals surface area contributed by atoms with Crippen molar-refractivity contribution < 1.29 is 10.2 Å². The maximum absolute atomic E-state index is 10.6. The first-order chi connectivity index (χ1) is 11.0. The van der Waals surface area contributed by atoms with Crippen LogP contribution < -0.4 is 11.0 Å². The van der Waals surface area contributed by atoms with Crippen LogP contribution in [0.15, 0.2) is 29.4 Å². The van der Waals surface area contributed by atoms with E-state index in [2.05, 4.69) is 20.9 Å². The molecule has 0 aromatic heterocycles. The molecule has 1 fully saturated rings. The van der Waals surface area contributed by atoms with Gasteiger partial charge in [-0.05, 0) is 67.7 Å². The highest BCUT2D eigenvalue weighted by Crippen LogP contribution is 2.31. The Balaban J connectivity index is 2.05. The average Bonchev–Trinajstić information content (AvgIpc) is 2.54. The van der Waals surface area contributed by atoms with Crippen LogP contribution >= 0.6 is 9.24 Å². The number of aliphatic imine (C=N–C) groups is 1. The molecule has 1 aliphatic rings. The number of nitrogens with zero attached hydrogens (tertiary/aromatic N) is 1. The zero-order valence-electron chi connectivity index (χ0n) is 13.5. The number of benzene rings is 1. The minimum absolute atomic E-state index is 0.269. The van der Waals surface area contributed by atoms with E-state index in [1.165, 1.54) is 5.56 Å². The van der Waals surface area contributed by atoms with Crippen molar-refractivity contribution in [1.29, 1.82) is 0 Å². The molecule has 0 bridgehead atoms. The van der Waals surface area contributed by atoms with Gasteiger partial charge in [0.15, 0.2) is 0 Å². The smallest absolute Gasteiger partial charge is 0.0722 e. The second-order valence-corrected chi connectivity index (χ2v) is 7.05. The topological polar surface area (TPSA) is 78.8 Å². The molecular formula is C18H27N2O2P. The van der Waals surface area contributed by atoms with E-state index >= 15 is 0 Å². The lowest BCUT2D eigenvalue weighted by Gasteiger charge is -2.39. The molecule has 126 valence electrons.